The van der Waals surface area contributed by atoms with Gasteiger partial charge in [0.15, 0.2) is 0 Å². The van der Waals surface area contributed by atoms with Gasteiger partial charge in [0.05, 0.1) is 39.3 Å². The van der Waals surface area contributed by atoms with E-state index in [1.807, 2.05) is 18.2 Å². The van der Waals surface area contributed by atoms with E-state index in [-0.39, 0.29) is 25.0 Å². The number of halogens is 1. The lowest BCUT2D eigenvalue weighted by atomic mass is 9.96. The van der Waals surface area contributed by atoms with Gasteiger partial charge in [-0.05, 0) is 86.9 Å². The van der Waals surface area contributed by atoms with E-state index in [9.17, 15) is 18.0 Å². The third kappa shape index (κ3) is 15.0. The molecule has 0 N–H and O–H groups in total. The molecule has 0 heterocycles. The maximum Gasteiger partial charge on any atom is 0.306 e. The van der Waals surface area contributed by atoms with E-state index in [1.54, 1.807) is 26.0 Å². The molecule has 9 nitrogen and oxygen atoms in total. The van der Waals surface area contributed by atoms with Crippen molar-refractivity contribution in [1.29, 1.82) is 0 Å². The third-order valence-corrected chi connectivity index (χ3v) is 7.19. The molecule has 0 aliphatic rings. The highest BCUT2D eigenvalue weighted by molar-refractivity contribution is 9.10. The molecule has 0 aromatic heterocycles. The number of benzene rings is 2. The van der Waals surface area contributed by atoms with Crippen LogP contribution in [0, 0.1) is 0 Å². The Kier molecular flexibility index (Phi) is 16.5. The highest BCUT2D eigenvalue weighted by Crippen LogP contribution is 2.27. The van der Waals surface area contributed by atoms with E-state index >= 15 is 0 Å². The first-order chi connectivity index (χ1) is 20.1. The Morgan fingerprint density at radius 3 is 2.21 bits per heavy atom. The predicted octanol–water partition coefficient (Wildman–Crippen LogP) is 6.33. The molecule has 0 unspecified atom stereocenters. The summed E-state index contributed by atoms with van der Waals surface area (Å²) in [4.78, 5) is 23.7. The molecule has 0 saturated carbocycles. The monoisotopic (exact) mass is 670 g/mol. The van der Waals surface area contributed by atoms with Gasteiger partial charge in [0.1, 0.15) is 11.5 Å². The van der Waals surface area contributed by atoms with Gasteiger partial charge in [0.2, 0.25) is 0 Å². The number of hydrogen-bond acceptors (Lipinski definition) is 9. The summed E-state index contributed by atoms with van der Waals surface area (Å²) < 4.78 is 50.2. The van der Waals surface area contributed by atoms with Crippen LogP contribution in [0.3, 0.4) is 0 Å². The van der Waals surface area contributed by atoms with Crippen molar-refractivity contribution in [2.75, 3.05) is 32.7 Å². The van der Waals surface area contributed by atoms with Gasteiger partial charge in [-0.3, -0.25) is 13.8 Å². The zero-order valence-corrected chi connectivity index (χ0v) is 27.2. The standard InChI is InChI=1S/C31H43BrO9S/c1-4-37-30(33)15-11-19-40-29-14-10-13-25(28(29)16-17-31(34)38-5-2)12-8-6-7-9-18-39-27-21-24(20-26(32)22-27)23-41-42(3,35)36/h10,13-14,20-22H,4-9,11-12,15-19,23H2,1-3H3. The minimum absolute atomic E-state index is 0.0454. The summed E-state index contributed by atoms with van der Waals surface area (Å²) in [6, 6.07) is 11.4. The van der Waals surface area contributed by atoms with Crippen molar-refractivity contribution in [3.63, 3.8) is 0 Å². The molecule has 0 atom stereocenters. The Morgan fingerprint density at radius 2 is 1.50 bits per heavy atom. The molecule has 2 aromatic carbocycles. The van der Waals surface area contributed by atoms with Crippen LogP contribution in [0.25, 0.3) is 0 Å². The van der Waals surface area contributed by atoms with Crippen LogP contribution in [0.1, 0.15) is 75.5 Å². The smallest absolute Gasteiger partial charge is 0.306 e. The topological polar surface area (TPSA) is 114 Å². The van der Waals surface area contributed by atoms with E-state index < -0.39 is 10.1 Å². The molecule has 0 bridgehead atoms. The fraction of sp³-hybridized carbons (Fsp3) is 0.548. The molecular formula is C31H43BrO9S. The molecule has 0 spiro atoms. The fourth-order valence-corrected chi connectivity index (χ4v) is 5.15. The second-order valence-electron chi connectivity index (χ2n) is 9.73. The Balaban J connectivity index is 1.85. The zero-order chi connectivity index (χ0) is 30.8. The average molecular weight is 672 g/mol. The van der Waals surface area contributed by atoms with Crippen molar-refractivity contribution >= 4 is 38.0 Å². The van der Waals surface area contributed by atoms with Gasteiger partial charge in [-0.15, -0.1) is 0 Å². The van der Waals surface area contributed by atoms with Crippen molar-refractivity contribution in [3.05, 3.63) is 57.6 Å². The summed E-state index contributed by atoms with van der Waals surface area (Å²) in [7, 11) is -3.52. The van der Waals surface area contributed by atoms with Crippen LogP contribution in [0.2, 0.25) is 0 Å². The van der Waals surface area contributed by atoms with Crippen LogP contribution in [0.4, 0.5) is 0 Å². The SMILES string of the molecule is CCOC(=O)CCCOc1cccc(CCCCCCOc2cc(Br)cc(COS(C)(=O)=O)c2)c1CCC(=O)OCC. The fourth-order valence-electron chi connectivity index (χ4n) is 4.28. The number of ether oxygens (including phenoxy) is 4. The number of esters is 2. The molecule has 0 amide bonds. The molecule has 0 aliphatic heterocycles. The van der Waals surface area contributed by atoms with E-state index in [1.165, 1.54) is 0 Å². The second-order valence-corrected chi connectivity index (χ2v) is 12.3. The molecule has 234 valence electrons. The molecule has 42 heavy (non-hydrogen) atoms. The summed E-state index contributed by atoms with van der Waals surface area (Å²) in [6.45, 7) is 5.18. The lowest BCUT2D eigenvalue weighted by Crippen LogP contribution is -2.10. The maximum absolute atomic E-state index is 12.0. The van der Waals surface area contributed by atoms with Gasteiger partial charge >= 0.3 is 11.9 Å². The van der Waals surface area contributed by atoms with Crippen molar-refractivity contribution in [2.45, 2.75) is 78.2 Å². The number of carbonyl (C=O) groups excluding carboxylic acids is 2. The van der Waals surface area contributed by atoms with Gasteiger partial charge in [-0.25, -0.2) is 0 Å². The Morgan fingerprint density at radius 1 is 0.810 bits per heavy atom. The van der Waals surface area contributed by atoms with Crippen LogP contribution >= 0.6 is 15.9 Å². The second kappa shape index (κ2) is 19.5. The van der Waals surface area contributed by atoms with E-state index in [0.29, 0.717) is 57.0 Å². The highest BCUT2D eigenvalue weighted by Gasteiger charge is 2.13. The summed E-state index contributed by atoms with van der Waals surface area (Å²) in [5, 5.41) is 0. The predicted molar refractivity (Wildman–Crippen MR) is 164 cm³/mol. The molecular weight excluding hydrogens is 628 g/mol. The summed E-state index contributed by atoms with van der Waals surface area (Å²) in [5.74, 6) is 0.926. The van der Waals surface area contributed by atoms with E-state index in [2.05, 4.69) is 22.0 Å². The summed E-state index contributed by atoms with van der Waals surface area (Å²) in [6.07, 6.45) is 7.39. The number of carbonyl (C=O) groups is 2. The Bertz CT molecular complexity index is 1230. The molecule has 0 fully saturated rings. The first-order valence-electron chi connectivity index (χ1n) is 14.4. The van der Waals surface area contributed by atoms with Crippen LogP contribution in [-0.4, -0.2) is 53.0 Å². The molecule has 2 rings (SSSR count). The highest BCUT2D eigenvalue weighted by atomic mass is 79.9. The first kappa shape index (κ1) is 35.6. The molecule has 0 radical (unpaired) electrons. The third-order valence-electron chi connectivity index (χ3n) is 6.18. The van der Waals surface area contributed by atoms with Crippen LogP contribution < -0.4 is 9.47 Å². The van der Waals surface area contributed by atoms with Gasteiger partial charge in [-0.1, -0.05) is 40.9 Å². The lowest BCUT2D eigenvalue weighted by molar-refractivity contribution is -0.144. The molecule has 2 aromatic rings. The minimum atomic E-state index is -3.52. The van der Waals surface area contributed by atoms with Crippen LogP contribution in [-0.2, 0) is 52.8 Å². The van der Waals surface area contributed by atoms with Crippen molar-refractivity contribution in [3.8, 4) is 11.5 Å². The number of rotatable bonds is 21. The summed E-state index contributed by atoms with van der Waals surface area (Å²) in [5.41, 5.74) is 2.86. The Hall–Kier alpha value is -2.63. The average Bonchev–Trinajstić information content (AvgIpc) is 2.93. The van der Waals surface area contributed by atoms with Gasteiger partial charge < -0.3 is 18.9 Å². The van der Waals surface area contributed by atoms with Gasteiger partial charge in [-0.2, -0.15) is 8.42 Å². The van der Waals surface area contributed by atoms with E-state index in [0.717, 1.165) is 59.7 Å². The lowest BCUT2D eigenvalue weighted by Gasteiger charge is -2.16. The van der Waals surface area contributed by atoms with Crippen LogP contribution in [0.15, 0.2) is 40.9 Å². The zero-order valence-electron chi connectivity index (χ0n) is 24.8. The van der Waals surface area contributed by atoms with E-state index in [4.69, 9.17) is 23.1 Å². The van der Waals surface area contributed by atoms with Gasteiger partial charge in [0.25, 0.3) is 10.1 Å². The van der Waals surface area contributed by atoms with Gasteiger partial charge in [0, 0.05) is 17.3 Å². The number of unbranched alkanes of at least 4 members (excludes halogenated alkanes) is 3. The first-order valence-corrected chi connectivity index (χ1v) is 17.0. The normalized spacial score (nSPS) is 11.2. The maximum atomic E-state index is 12.0. The number of hydrogen-bond donors (Lipinski definition) is 0. The molecule has 0 aliphatic carbocycles. The minimum Gasteiger partial charge on any atom is -0.494 e. The van der Waals surface area contributed by atoms with Crippen LogP contribution in [0.5, 0.6) is 11.5 Å². The van der Waals surface area contributed by atoms with Crippen molar-refractivity contribution in [2.24, 2.45) is 0 Å². The van der Waals surface area contributed by atoms with Crippen molar-refractivity contribution < 1.29 is 41.1 Å². The quantitative estimate of drug-likeness (QED) is 0.0854. The largest absolute Gasteiger partial charge is 0.494 e. The summed E-state index contributed by atoms with van der Waals surface area (Å²) >= 11 is 3.43. The number of aryl methyl sites for hydroxylation is 1. The molecule has 0 saturated heterocycles. The Labute approximate surface area is 258 Å². The van der Waals surface area contributed by atoms with Crippen molar-refractivity contribution in [1.82, 2.24) is 0 Å². The molecule has 11 heteroatoms.